The number of amides is 1. The first-order chi connectivity index (χ1) is 12.0. The first kappa shape index (κ1) is 18.0. The van der Waals surface area contributed by atoms with Crippen LogP contribution in [0.2, 0.25) is 0 Å². The fourth-order valence-corrected chi connectivity index (χ4v) is 3.82. The minimum absolute atomic E-state index is 0.0195. The van der Waals surface area contributed by atoms with Crippen molar-refractivity contribution in [2.24, 2.45) is 0 Å². The van der Waals surface area contributed by atoms with Gasteiger partial charge in [-0.3, -0.25) is 9.69 Å². The molecule has 3 rings (SSSR count). The zero-order chi connectivity index (χ0) is 18.0. The number of hydrogen-bond donors (Lipinski definition) is 1. The van der Waals surface area contributed by atoms with Crippen molar-refractivity contribution in [2.45, 2.75) is 20.4 Å². The average Bonchev–Trinajstić information content (AvgIpc) is 2.87. The smallest absolute Gasteiger partial charge is 0.241 e. The van der Waals surface area contributed by atoms with Crippen molar-refractivity contribution in [2.75, 3.05) is 52.3 Å². The molecule has 2 aromatic heterocycles. The largest absolute Gasteiger partial charge is 0.379 e. The molecule has 0 bridgehead atoms. The summed E-state index contributed by atoms with van der Waals surface area (Å²) in [7, 11) is 3.51. The lowest BCUT2D eigenvalue weighted by atomic mass is 10.2. The maximum absolute atomic E-state index is 11.9. The van der Waals surface area contributed by atoms with Gasteiger partial charge < -0.3 is 15.0 Å². The molecule has 8 heteroatoms. The second kappa shape index (κ2) is 7.63. The molecular formula is C17H25N5O2S. The van der Waals surface area contributed by atoms with Crippen LogP contribution < -0.4 is 5.32 Å². The van der Waals surface area contributed by atoms with E-state index in [1.165, 1.54) is 10.4 Å². The lowest BCUT2D eigenvalue weighted by Gasteiger charge is -2.25. The van der Waals surface area contributed by atoms with Crippen molar-refractivity contribution in [1.82, 2.24) is 19.8 Å². The van der Waals surface area contributed by atoms with E-state index < -0.39 is 0 Å². The van der Waals surface area contributed by atoms with Gasteiger partial charge in [0.25, 0.3) is 0 Å². The summed E-state index contributed by atoms with van der Waals surface area (Å²) in [5, 5.41) is 4.25. The summed E-state index contributed by atoms with van der Waals surface area (Å²) in [5.74, 6) is 1.56. The molecule has 0 unspecified atom stereocenters. The zero-order valence-corrected chi connectivity index (χ0v) is 16.1. The molecule has 136 valence electrons. The van der Waals surface area contributed by atoms with Crippen LogP contribution in [0.3, 0.4) is 0 Å². The van der Waals surface area contributed by atoms with Gasteiger partial charge in [0.05, 0.1) is 31.7 Å². The number of anilines is 1. The van der Waals surface area contributed by atoms with Gasteiger partial charge in [-0.1, -0.05) is 0 Å². The highest BCUT2D eigenvalue weighted by Crippen LogP contribution is 2.33. The van der Waals surface area contributed by atoms with Gasteiger partial charge in [0, 0.05) is 32.1 Å². The van der Waals surface area contributed by atoms with E-state index in [4.69, 9.17) is 14.7 Å². The van der Waals surface area contributed by atoms with Crippen molar-refractivity contribution in [3.63, 3.8) is 0 Å². The van der Waals surface area contributed by atoms with Crippen LogP contribution >= 0.6 is 11.3 Å². The number of ether oxygens (including phenoxy) is 1. The number of hydrogen-bond acceptors (Lipinski definition) is 7. The van der Waals surface area contributed by atoms with Gasteiger partial charge in [-0.25, -0.2) is 9.97 Å². The van der Waals surface area contributed by atoms with Crippen molar-refractivity contribution < 1.29 is 9.53 Å². The molecule has 7 nitrogen and oxygen atoms in total. The summed E-state index contributed by atoms with van der Waals surface area (Å²) in [6, 6.07) is 0. The third-order valence-corrected chi connectivity index (χ3v) is 5.55. The van der Waals surface area contributed by atoms with Crippen LogP contribution in [0, 0.1) is 13.8 Å². The van der Waals surface area contributed by atoms with E-state index in [9.17, 15) is 4.79 Å². The quantitative estimate of drug-likeness (QED) is 0.871. The van der Waals surface area contributed by atoms with Crippen LogP contribution in [0.15, 0.2) is 0 Å². The van der Waals surface area contributed by atoms with Crippen molar-refractivity contribution in [1.29, 1.82) is 0 Å². The number of nitrogens with one attached hydrogen (secondary N) is 1. The number of thiophene rings is 1. The summed E-state index contributed by atoms with van der Waals surface area (Å²) in [5.41, 5.74) is 1.18. The second-order valence-corrected chi connectivity index (χ2v) is 7.69. The van der Waals surface area contributed by atoms with Gasteiger partial charge in [0.1, 0.15) is 16.5 Å². The first-order valence-corrected chi connectivity index (χ1v) is 9.28. The number of aryl methyl sites for hydroxylation is 2. The van der Waals surface area contributed by atoms with Crippen molar-refractivity contribution in [3.05, 3.63) is 16.3 Å². The molecule has 0 aliphatic carbocycles. The van der Waals surface area contributed by atoms with Gasteiger partial charge in [-0.2, -0.15) is 0 Å². The van der Waals surface area contributed by atoms with Gasteiger partial charge in [0.2, 0.25) is 5.91 Å². The molecular weight excluding hydrogens is 338 g/mol. The molecule has 0 atom stereocenters. The number of fused-ring (bicyclic) bond motifs is 1. The van der Waals surface area contributed by atoms with E-state index >= 15 is 0 Å². The standard InChI is InChI=1S/C17H25N5O2S/c1-11-12(2)25-17-15(11)16(18-9-14(23)21(3)4)19-13(20-17)10-22-5-7-24-8-6-22/h5-10H2,1-4H3,(H,18,19,20). The van der Waals surface area contributed by atoms with Gasteiger partial charge in [-0.15, -0.1) is 11.3 Å². The Morgan fingerprint density at radius 1 is 1.28 bits per heavy atom. The topological polar surface area (TPSA) is 70.6 Å². The summed E-state index contributed by atoms with van der Waals surface area (Å²) in [4.78, 5) is 27.5. The Balaban J connectivity index is 1.89. The number of likely N-dealkylation sites (N-methyl/N-ethyl adjacent to an activating group) is 1. The Morgan fingerprint density at radius 2 is 2.00 bits per heavy atom. The van der Waals surface area contributed by atoms with Crippen LogP contribution in [-0.4, -0.2) is 72.6 Å². The van der Waals surface area contributed by atoms with Gasteiger partial charge in [-0.05, 0) is 19.4 Å². The normalized spacial score (nSPS) is 15.5. The average molecular weight is 363 g/mol. The van der Waals surface area contributed by atoms with Crippen LogP contribution in [0.25, 0.3) is 10.2 Å². The van der Waals surface area contributed by atoms with Gasteiger partial charge >= 0.3 is 0 Å². The van der Waals surface area contributed by atoms with E-state index in [0.717, 1.165) is 48.2 Å². The van der Waals surface area contributed by atoms with E-state index in [0.29, 0.717) is 6.54 Å². The predicted octanol–water partition coefficient (Wildman–Crippen LogP) is 1.64. The first-order valence-electron chi connectivity index (χ1n) is 8.46. The summed E-state index contributed by atoms with van der Waals surface area (Å²) >= 11 is 1.68. The Bertz CT molecular complexity index is 768. The van der Waals surface area contributed by atoms with Crippen LogP contribution in [0.4, 0.5) is 5.82 Å². The Kier molecular flexibility index (Phi) is 5.51. The maximum Gasteiger partial charge on any atom is 0.241 e. The lowest BCUT2D eigenvalue weighted by Crippen LogP contribution is -2.36. The maximum atomic E-state index is 11.9. The molecule has 1 saturated heterocycles. The van der Waals surface area contributed by atoms with E-state index in [-0.39, 0.29) is 12.5 Å². The fourth-order valence-electron chi connectivity index (χ4n) is 2.77. The Hall–Kier alpha value is -1.77. The second-order valence-electron chi connectivity index (χ2n) is 6.48. The third kappa shape index (κ3) is 4.08. The van der Waals surface area contributed by atoms with E-state index in [2.05, 4.69) is 24.1 Å². The number of carbonyl (C=O) groups excluding carboxylic acids is 1. The molecule has 0 aromatic carbocycles. The summed E-state index contributed by atoms with van der Waals surface area (Å²) in [6.07, 6.45) is 0. The third-order valence-electron chi connectivity index (χ3n) is 4.45. The molecule has 3 heterocycles. The van der Waals surface area contributed by atoms with Gasteiger partial charge in [0.15, 0.2) is 0 Å². The number of rotatable bonds is 5. The fraction of sp³-hybridized carbons (Fsp3) is 0.588. The number of nitrogens with zero attached hydrogens (tertiary/aromatic N) is 4. The SMILES string of the molecule is Cc1sc2nc(CN3CCOCC3)nc(NCC(=O)N(C)C)c2c1C. The molecule has 1 aliphatic rings. The molecule has 0 saturated carbocycles. The lowest BCUT2D eigenvalue weighted by molar-refractivity contribution is -0.126. The molecule has 1 fully saturated rings. The Labute approximate surface area is 152 Å². The highest BCUT2D eigenvalue weighted by atomic mass is 32.1. The number of morpholine rings is 1. The molecule has 1 amide bonds. The highest BCUT2D eigenvalue weighted by molar-refractivity contribution is 7.18. The molecule has 0 radical (unpaired) electrons. The molecule has 1 N–H and O–H groups in total. The monoisotopic (exact) mass is 363 g/mol. The number of aromatic nitrogens is 2. The van der Waals surface area contributed by atoms with Crippen LogP contribution in [0.1, 0.15) is 16.3 Å². The summed E-state index contributed by atoms with van der Waals surface area (Å²) in [6.45, 7) is 8.40. The van der Waals surface area contributed by atoms with E-state index in [1.54, 1.807) is 30.3 Å². The summed E-state index contributed by atoms with van der Waals surface area (Å²) < 4.78 is 5.40. The van der Waals surface area contributed by atoms with Crippen LogP contribution in [-0.2, 0) is 16.1 Å². The van der Waals surface area contributed by atoms with Crippen molar-refractivity contribution in [3.8, 4) is 0 Å². The van der Waals surface area contributed by atoms with Crippen LogP contribution in [0.5, 0.6) is 0 Å². The number of carbonyl (C=O) groups is 1. The molecule has 0 spiro atoms. The zero-order valence-electron chi connectivity index (χ0n) is 15.3. The predicted molar refractivity (Wildman–Crippen MR) is 100 cm³/mol. The highest BCUT2D eigenvalue weighted by Gasteiger charge is 2.18. The Morgan fingerprint density at radius 3 is 2.68 bits per heavy atom. The minimum Gasteiger partial charge on any atom is -0.379 e. The molecule has 2 aromatic rings. The molecule has 25 heavy (non-hydrogen) atoms. The van der Waals surface area contributed by atoms with E-state index in [1.807, 2.05) is 0 Å². The van der Waals surface area contributed by atoms with Crippen molar-refractivity contribution >= 4 is 33.3 Å². The minimum atomic E-state index is 0.0195. The molecule has 1 aliphatic heterocycles.